The molecule has 0 spiro atoms. The molecular weight excluding hydrogens is 198 g/mol. The SMILES string of the molecule is CCOc1ccc(C2CCNCC2)cc1C. The predicted molar refractivity (Wildman–Crippen MR) is 67.2 cm³/mol. The van der Waals surface area contributed by atoms with Gasteiger partial charge in [-0.25, -0.2) is 0 Å². The molecule has 1 aliphatic heterocycles. The molecule has 1 aromatic rings. The summed E-state index contributed by atoms with van der Waals surface area (Å²) in [5, 5.41) is 3.41. The molecular formula is C14H21NO. The molecule has 1 heterocycles. The average Bonchev–Trinajstić information content (AvgIpc) is 2.33. The van der Waals surface area contributed by atoms with E-state index in [-0.39, 0.29) is 0 Å². The van der Waals surface area contributed by atoms with Gasteiger partial charge in [-0.1, -0.05) is 12.1 Å². The summed E-state index contributed by atoms with van der Waals surface area (Å²) in [5.74, 6) is 1.76. The average molecular weight is 219 g/mol. The van der Waals surface area contributed by atoms with Crippen molar-refractivity contribution in [3.05, 3.63) is 29.3 Å². The second-order valence-corrected chi connectivity index (χ2v) is 4.48. The van der Waals surface area contributed by atoms with Crippen LogP contribution in [0.15, 0.2) is 18.2 Å². The molecule has 0 saturated carbocycles. The van der Waals surface area contributed by atoms with Gasteiger partial charge >= 0.3 is 0 Å². The molecule has 2 rings (SSSR count). The van der Waals surface area contributed by atoms with Crippen molar-refractivity contribution in [2.45, 2.75) is 32.6 Å². The number of benzene rings is 1. The summed E-state index contributed by atoms with van der Waals surface area (Å²) < 4.78 is 5.57. The molecule has 1 saturated heterocycles. The highest BCUT2D eigenvalue weighted by Gasteiger charge is 2.15. The molecule has 1 aliphatic rings. The van der Waals surface area contributed by atoms with E-state index < -0.39 is 0 Å². The van der Waals surface area contributed by atoms with Crippen LogP contribution in [0, 0.1) is 6.92 Å². The highest BCUT2D eigenvalue weighted by atomic mass is 16.5. The number of ether oxygens (including phenoxy) is 1. The summed E-state index contributed by atoms with van der Waals surface area (Å²) in [6, 6.07) is 6.64. The Morgan fingerprint density at radius 2 is 2.06 bits per heavy atom. The van der Waals surface area contributed by atoms with E-state index in [9.17, 15) is 0 Å². The molecule has 0 unspecified atom stereocenters. The van der Waals surface area contributed by atoms with Crippen LogP contribution in [0.2, 0.25) is 0 Å². The lowest BCUT2D eigenvalue weighted by atomic mass is 9.89. The van der Waals surface area contributed by atoms with Crippen LogP contribution >= 0.6 is 0 Å². The third-order valence-corrected chi connectivity index (χ3v) is 3.31. The van der Waals surface area contributed by atoms with Crippen molar-refractivity contribution in [2.24, 2.45) is 0 Å². The van der Waals surface area contributed by atoms with Crippen LogP contribution in [0.4, 0.5) is 0 Å². The Hall–Kier alpha value is -1.02. The van der Waals surface area contributed by atoms with Crippen LogP contribution in [0.5, 0.6) is 5.75 Å². The summed E-state index contributed by atoms with van der Waals surface area (Å²) in [6.45, 7) is 7.21. The van der Waals surface area contributed by atoms with Gasteiger partial charge in [0.1, 0.15) is 5.75 Å². The van der Waals surface area contributed by atoms with Gasteiger partial charge in [0.15, 0.2) is 0 Å². The van der Waals surface area contributed by atoms with Gasteiger partial charge in [0.25, 0.3) is 0 Å². The fraction of sp³-hybridized carbons (Fsp3) is 0.571. The quantitative estimate of drug-likeness (QED) is 0.844. The number of hydrogen-bond acceptors (Lipinski definition) is 2. The van der Waals surface area contributed by atoms with Gasteiger partial charge in [-0.2, -0.15) is 0 Å². The normalized spacial score (nSPS) is 17.4. The largest absolute Gasteiger partial charge is 0.494 e. The number of hydrogen-bond donors (Lipinski definition) is 1. The van der Waals surface area contributed by atoms with Crippen LogP contribution in [0.1, 0.15) is 36.8 Å². The molecule has 0 aliphatic carbocycles. The number of aryl methyl sites for hydroxylation is 1. The molecule has 1 aromatic carbocycles. The third-order valence-electron chi connectivity index (χ3n) is 3.31. The Morgan fingerprint density at radius 3 is 2.69 bits per heavy atom. The van der Waals surface area contributed by atoms with E-state index in [1.807, 2.05) is 6.92 Å². The number of piperidine rings is 1. The molecule has 2 nitrogen and oxygen atoms in total. The molecule has 1 N–H and O–H groups in total. The van der Waals surface area contributed by atoms with Crippen LogP contribution in [-0.4, -0.2) is 19.7 Å². The standard InChI is InChI=1S/C14H21NO/c1-3-16-14-5-4-13(10-11(14)2)12-6-8-15-9-7-12/h4-5,10,12,15H,3,6-9H2,1-2H3. The van der Waals surface area contributed by atoms with Crippen LogP contribution < -0.4 is 10.1 Å². The highest BCUT2D eigenvalue weighted by molar-refractivity contribution is 5.37. The second-order valence-electron chi connectivity index (χ2n) is 4.48. The first-order valence-corrected chi connectivity index (χ1v) is 6.25. The van der Waals surface area contributed by atoms with Gasteiger partial charge in [-0.3, -0.25) is 0 Å². The van der Waals surface area contributed by atoms with E-state index in [0.717, 1.165) is 31.4 Å². The van der Waals surface area contributed by atoms with E-state index in [1.165, 1.54) is 24.0 Å². The Morgan fingerprint density at radius 1 is 1.31 bits per heavy atom. The monoisotopic (exact) mass is 219 g/mol. The summed E-state index contributed by atoms with van der Waals surface area (Å²) in [4.78, 5) is 0. The zero-order chi connectivity index (χ0) is 11.4. The minimum atomic E-state index is 0.732. The maximum atomic E-state index is 5.57. The Bertz CT molecular complexity index is 343. The van der Waals surface area contributed by atoms with Gasteiger partial charge in [-0.05, 0) is 62.9 Å². The lowest BCUT2D eigenvalue weighted by molar-refractivity contribution is 0.337. The smallest absolute Gasteiger partial charge is 0.122 e. The number of nitrogens with one attached hydrogen (secondary N) is 1. The lowest BCUT2D eigenvalue weighted by Crippen LogP contribution is -2.26. The van der Waals surface area contributed by atoms with Crippen LogP contribution in [-0.2, 0) is 0 Å². The molecule has 16 heavy (non-hydrogen) atoms. The molecule has 0 atom stereocenters. The van der Waals surface area contributed by atoms with Crippen molar-refractivity contribution in [1.82, 2.24) is 5.32 Å². The van der Waals surface area contributed by atoms with Gasteiger partial charge in [-0.15, -0.1) is 0 Å². The molecule has 0 amide bonds. The van der Waals surface area contributed by atoms with Crippen molar-refractivity contribution in [3.8, 4) is 5.75 Å². The maximum Gasteiger partial charge on any atom is 0.122 e. The zero-order valence-corrected chi connectivity index (χ0v) is 10.3. The van der Waals surface area contributed by atoms with Gasteiger partial charge < -0.3 is 10.1 Å². The molecule has 2 heteroatoms. The van der Waals surface area contributed by atoms with Crippen molar-refractivity contribution < 1.29 is 4.74 Å². The molecule has 88 valence electrons. The highest BCUT2D eigenvalue weighted by Crippen LogP contribution is 2.29. The first kappa shape index (κ1) is 11.5. The number of rotatable bonds is 3. The van der Waals surface area contributed by atoms with Gasteiger partial charge in [0, 0.05) is 0 Å². The maximum absolute atomic E-state index is 5.57. The lowest BCUT2D eigenvalue weighted by Gasteiger charge is -2.23. The summed E-state index contributed by atoms with van der Waals surface area (Å²) in [5.41, 5.74) is 2.74. The Balaban J connectivity index is 2.13. The zero-order valence-electron chi connectivity index (χ0n) is 10.3. The first-order chi connectivity index (χ1) is 7.81. The minimum absolute atomic E-state index is 0.732. The topological polar surface area (TPSA) is 21.3 Å². The summed E-state index contributed by atoms with van der Waals surface area (Å²) >= 11 is 0. The minimum Gasteiger partial charge on any atom is -0.494 e. The molecule has 0 radical (unpaired) electrons. The van der Waals surface area contributed by atoms with E-state index in [0.29, 0.717) is 0 Å². The van der Waals surface area contributed by atoms with Crippen LogP contribution in [0.25, 0.3) is 0 Å². The van der Waals surface area contributed by atoms with Crippen LogP contribution in [0.3, 0.4) is 0 Å². The van der Waals surface area contributed by atoms with E-state index in [1.54, 1.807) is 0 Å². The van der Waals surface area contributed by atoms with Crippen molar-refractivity contribution in [1.29, 1.82) is 0 Å². The van der Waals surface area contributed by atoms with E-state index in [4.69, 9.17) is 4.74 Å². The van der Waals surface area contributed by atoms with E-state index in [2.05, 4.69) is 30.4 Å². The molecule has 0 bridgehead atoms. The third kappa shape index (κ3) is 2.56. The fourth-order valence-corrected chi connectivity index (χ4v) is 2.40. The van der Waals surface area contributed by atoms with Crippen molar-refractivity contribution in [3.63, 3.8) is 0 Å². The van der Waals surface area contributed by atoms with Gasteiger partial charge in [0.05, 0.1) is 6.61 Å². The molecule has 1 fully saturated rings. The fourth-order valence-electron chi connectivity index (χ4n) is 2.40. The first-order valence-electron chi connectivity index (χ1n) is 6.25. The Kier molecular flexibility index (Phi) is 3.83. The summed E-state index contributed by atoms with van der Waals surface area (Å²) in [6.07, 6.45) is 2.51. The Labute approximate surface area is 98.0 Å². The summed E-state index contributed by atoms with van der Waals surface area (Å²) in [7, 11) is 0. The second kappa shape index (κ2) is 5.35. The predicted octanol–water partition coefficient (Wildman–Crippen LogP) is 2.86. The molecule has 0 aromatic heterocycles. The van der Waals surface area contributed by atoms with Gasteiger partial charge in [0.2, 0.25) is 0 Å². The van der Waals surface area contributed by atoms with E-state index >= 15 is 0 Å². The van der Waals surface area contributed by atoms with Crippen molar-refractivity contribution in [2.75, 3.05) is 19.7 Å². The van der Waals surface area contributed by atoms with Crippen molar-refractivity contribution >= 4 is 0 Å².